The van der Waals surface area contributed by atoms with E-state index < -0.39 is 5.97 Å². The van der Waals surface area contributed by atoms with Crippen LogP contribution in [0.2, 0.25) is 0 Å². The van der Waals surface area contributed by atoms with Gasteiger partial charge in [-0.1, -0.05) is 0 Å². The van der Waals surface area contributed by atoms with Crippen molar-refractivity contribution in [3.63, 3.8) is 0 Å². The van der Waals surface area contributed by atoms with Gasteiger partial charge in [-0.15, -0.1) is 0 Å². The molecule has 2 aromatic rings. The lowest BCUT2D eigenvalue weighted by molar-refractivity contribution is -0.107. The van der Waals surface area contributed by atoms with Crippen molar-refractivity contribution >= 4 is 12.3 Å². The standard InChI is InChI=1S/C14H13NO4/c1-18-14(17)12-6-4-10(9-15-12)13-7-5-11(19-13)3-2-8-16/h4-9H,2-3H2,1H3. The molecule has 0 radical (unpaired) electrons. The molecule has 2 aromatic heterocycles. The van der Waals surface area contributed by atoms with Gasteiger partial charge in [-0.05, 0) is 24.3 Å². The molecule has 0 bridgehead atoms. The van der Waals surface area contributed by atoms with Gasteiger partial charge in [0.1, 0.15) is 23.5 Å². The maximum absolute atomic E-state index is 11.2. The van der Waals surface area contributed by atoms with Crippen LogP contribution < -0.4 is 0 Å². The van der Waals surface area contributed by atoms with E-state index in [4.69, 9.17) is 4.42 Å². The van der Waals surface area contributed by atoms with E-state index in [0.717, 1.165) is 17.6 Å². The fourth-order valence-corrected chi connectivity index (χ4v) is 1.63. The summed E-state index contributed by atoms with van der Waals surface area (Å²) in [6.45, 7) is 0. The number of aryl methyl sites for hydroxylation is 1. The highest BCUT2D eigenvalue weighted by Crippen LogP contribution is 2.22. The first-order valence-electron chi connectivity index (χ1n) is 5.81. The van der Waals surface area contributed by atoms with Crippen LogP contribution in [0.15, 0.2) is 34.9 Å². The lowest BCUT2D eigenvalue weighted by Gasteiger charge is -2.00. The molecule has 5 heteroatoms. The Hall–Kier alpha value is -2.43. The molecule has 0 spiro atoms. The average Bonchev–Trinajstić information content (AvgIpc) is 2.93. The van der Waals surface area contributed by atoms with Crippen molar-refractivity contribution in [3.05, 3.63) is 41.9 Å². The Morgan fingerprint density at radius 2 is 2.21 bits per heavy atom. The van der Waals surface area contributed by atoms with E-state index in [1.807, 2.05) is 12.1 Å². The molecular formula is C14H13NO4. The first-order chi connectivity index (χ1) is 9.24. The maximum Gasteiger partial charge on any atom is 0.356 e. The van der Waals surface area contributed by atoms with E-state index in [0.29, 0.717) is 18.6 Å². The van der Waals surface area contributed by atoms with E-state index in [1.54, 1.807) is 18.3 Å². The highest BCUT2D eigenvalue weighted by Gasteiger charge is 2.09. The largest absolute Gasteiger partial charge is 0.464 e. The number of carbonyl (C=O) groups is 2. The van der Waals surface area contributed by atoms with Crippen LogP contribution in [0.3, 0.4) is 0 Å². The number of aldehydes is 1. The number of hydrogen-bond acceptors (Lipinski definition) is 5. The molecule has 0 aromatic carbocycles. The van der Waals surface area contributed by atoms with E-state index in [2.05, 4.69) is 9.72 Å². The average molecular weight is 259 g/mol. The van der Waals surface area contributed by atoms with Gasteiger partial charge in [0.15, 0.2) is 0 Å². The molecular weight excluding hydrogens is 246 g/mol. The summed E-state index contributed by atoms with van der Waals surface area (Å²) in [6.07, 6.45) is 3.42. The van der Waals surface area contributed by atoms with E-state index >= 15 is 0 Å². The quantitative estimate of drug-likeness (QED) is 0.608. The van der Waals surface area contributed by atoms with Crippen LogP contribution in [0.4, 0.5) is 0 Å². The molecule has 19 heavy (non-hydrogen) atoms. The predicted molar refractivity (Wildman–Crippen MR) is 67.7 cm³/mol. The van der Waals surface area contributed by atoms with Gasteiger partial charge >= 0.3 is 5.97 Å². The van der Waals surface area contributed by atoms with Crippen LogP contribution in [0.5, 0.6) is 0 Å². The van der Waals surface area contributed by atoms with Crippen LogP contribution in [0.25, 0.3) is 11.3 Å². The van der Waals surface area contributed by atoms with Crippen molar-refractivity contribution in [2.24, 2.45) is 0 Å². The third-order valence-electron chi connectivity index (χ3n) is 2.61. The first kappa shape index (κ1) is 13.0. The number of aromatic nitrogens is 1. The molecule has 0 saturated carbocycles. The Morgan fingerprint density at radius 1 is 1.37 bits per heavy atom. The molecule has 98 valence electrons. The number of furan rings is 1. The number of carbonyl (C=O) groups excluding carboxylic acids is 2. The van der Waals surface area contributed by atoms with Gasteiger partial charge in [0.25, 0.3) is 0 Å². The van der Waals surface area contributed by atoms with Crippen molar-refractivity contribution < 1.29 is 18.7 Å². The molecule has 5 nitrogen and oxygen atoms in total. The summed E-state index contributed by atoms with van der Waals surface area (Å²) in [6, 6.07) is 6.96. The Bertz CT molecular complexity index is 571. The lowest BCUT2D eigenvalue weighted by atomic mass is 10.2. The Labute approximate surface area is 110 Å². The number of hydrogen-bond donors (Lipinski definition) is 0. The van der Waals surface area contributed by atoms with Crippen molar-refractivity contribution in [1.29, 1.82) is 0 Å². The van der Waals surface area contributed by atoms with Gasteiger partial charge in [0, 0.05) is 24.6 Å². The monoisotopic (exact) mass is 259 g/mol. The topological polar surface area (TPSA) is 69.4 Å². The molecule has 2 heterocycles. The van der Waals surface area contributed by atoms with Crippen LogP contribution in [0.1, 0.15) is 22.7 Å². The van der Waals surface area contributed by atoms with Gasteiger partial charge in [0.2, 0.25) is 0 Å². The summed E-state index contributed by atoms with van der Waals surface area (Å²) in [4.78, 5) is 25.5. The molecule has 0 fully saturated rings. The highest BCUT2D eigenvalue weighted by atomic mass is 16.5. The smallest absolute Gasteiger partial charge is 0.356 e. The van der Waals surface area contributed by atoms with Crippen LogP contribution in [-0.4, -0.2) is 24.3 Å². The van der Waals surface area contributed by atoms with Gasteiger partial charge in [-0.2, -0.15) is 0 Å². The fourth-order valence-electron chi connectivity index (χ4n) is 1.63. The zero-order valence-corrected chi connectivity index (χ0v) is 10.5. The van der Waals surface area contributed by atoms with Crippen molar-refractivity contribution in [3.8, 4) is 11.3 Å². The molecule has 0 N–H and O–H groups in total. The fraction of sp³-hybridized carbons (Fsp3) is 0.214. The lowest BCUT2D eigenvalue weighted by Crippen LogP contribution is -2.03. The maximum atomic E-state index is 11.2. The van der Waals surface area contributed by atoms with Crippen LogP contribution in [-0.2, 0) is 16.0 Å². The molecule has 0 aliphatic rings. The van der Waals surface area contributed by atoms with Crippen molar-refractivity contribution in [2.45, 2.75) is 12.8 Å². The third-order valence-corrected chi connectivity index (χ3v) is 2.61. The zero-order chi connectivity index (χ0) is 13.7. The minimum absolute atomic E-state index is 0.249. The molecule has 0 unspecified atom stereocenters. The summed E-state index contributed by atoms with van der Waals surface area (Å²) < 4.78 is 10.2. The van der Waals surface area contributed by atoms with Gasteiger partial charge in [0.05, 0.1) is 7.11 Å². The Balaban J connectivity index is 2.15. The minimum Gasteiger partial charge on any atom is -0.464 e. The summed E-state index contributed by atoms with van der Waals surface area (Å²) in [5, 5.41) is 0. The number of nitrogens with zero attached hydrogens (tertiary/aromatic N) is 1. The molecule has 0 aliphatic carbocycles. The molecule has 0 aliphatic heterocycles. The third kappa shape index (κ3) is 3.07. The number of methoxy groups -OCH3 is 1. The zero-order valence-electron chi connectivity index (χ0n) is 10.5. The van der Waals surface area contributed by atoms with Gasteiger partial charge < -0.3 is 13.9 Å². The van der Waals surface area contributed by atoms with Crippen molar-refractivity contribution in [2.75, 3.05) is 7.11 Å². The van der Waals surface area contributed by atoms with E-state index in [1.165, 1.54) is 7.11 Å². The summed E-state index contributed by atoms with van der Waals surface area (Å²) in [5.74, 6) is 0.932. The molecule has 0 amide bonds. The number of pyridine rings is 1. The second-order valence-electron chi connectivity index (χ2n) is 3.89. The van der Waals surface area contributed by atoms with Crippen LogP contribution >= 0.6 is 0 Å². The highest BCUT2D eigenvalue weighted by molar-refractivity contribution is 5.87. The predicted octanol–water partition coefficient (Wildman–Crippen LogP) is 2.26. The summed E-state index contributed by atoms with van der Waals surface area (Å²) in [5.41, 5.74) is 1.02. The van der Waals surface area contributed by atoms with E-state index in [9.17, 15) is 9.59 Å². The number of rotatable bonds is 5. The second-order valence-corrected chi connectivity index (χ2v) is 3.89. The summed E-state index contributed by atoms with van der Waals surface area (Å²) in [7, 11) is 1.31. The van der Waals surface area contributed by atoms with E-state index in [-0.39, 0.29) is 5.69 Å². The first-order valence-corrected chi connectivity index (χ1v) is 5.81. The number of esters is 1. The SMILES string of the molecule is COC(=O)c1ccc(-c2ccc(CCC=O)o2)cn1. The van der Waals surface area contributed by atoms with Gasteiger partial charge in [-0.3, -0.25) is 0 Å². The Kier molecular flexibility index (Phi) is 4.07. The Morgan fingerprint density at radius 3 is 2.84 bits per heavy atom. The van der Waals surface area contributed by atoms with Crippen LogP contribution in [0, 0.1) is 0 Å². The van der Waals surface area contributed by atoms with Gasteiger partial charge in [-0.25, -0.2) is 9.78 Å². The normalized spacial score (nSPS) is 10.2. The number of ether oxygens (including phenoxy) is 1. The molecule has 0 saturated heterocycles. The second kappa shape index (κ2) is 5.95. The minimum atomic E-state index is -0.474. The van der Waals surface area contributed by atoms with Crippen molar-refractivity contribution in [1.82, 2.24) is 4.98 Å². The molecule has 0 atom stereocenters. The molecule has 2 rings (SSSR count). The summed E-state index contributed by atoms with van der Waals surface area (Å²) >= 11 is 0.